The molecule has 0 aliphatic rings. The van der Waals surface area contributed by atoms with Crippen molar-refractivity contribution in [3.8, 4) is 0 Å². The highest BCUT2D eigenvalue weighted by Gasteiger charge is 2.20. The molecule has 2 aromatic rings. The molecule has 2 rings (SSSR count). The number of aliphatic hydroxyl groups excluding tert-OH is 1. The zero-order chi connectivity index (χ0) is 14.7. The normalized spacial score (nSPS) is 12.1. The Morgan fingerprint density at radius 3 is 2.70 bits per heavy atom. The number of aliphatic hydroxyl groups is 1. The lowest BCUT2D eigenvalue weighted by Crippen LogP contribution is -2.43. The van der Waals surface area contributed by atoms with Crippen LogP contribution in [0.4, 0.5) is 0 Å². The van der Waals surface area contributed by atoms with Gasteiger partial charge in [0, 0.05) is 5.39 Å². The summed E-state index contributed by atoms with van der Waals surface area (Å²) in [6, 6.07) is 6.98. The molecular weight excluding hydrogens is 284 g/mol. The summed E-state index contributed by atoms with van der Waals surface area (Å²) in [5.74, 6) is -2.04. The predicted molar refractivity (Wildman–Crippen MR) is 72.7 cm³/mol. The first kappa shape index (κ1) is 14.2. The van der Waals surface area contributed by atoms with Gasteiger partial charge in [-0.2, -0.15) is 0 Å². The fraction of sp³-hybridized carbons (Fsp3) is 0.154. The average Bonchev–Trinajstić information content (AvgIpc) is 2.44. The quantitative estimate of drug-likeness (QED) is 0.783. The van der Waals surface area contributed by atoms with Crippen molar-refractivity contribution in [2.75, 3.05) is 6.61 Å². The smallest absolute Gasteiger partial charge is 0.328 e. The van der Waals surface area contributed by atoms with Crippen molar-refractivity contribution in [3.05, 3.63) is 41.0 Å². The van der Waals surface area contributed by atoms with E-state index in [0.717, 1.165) is 0 Å². The van der Waals surface area contributed by atoms with Gasteiger partial charge in [0.15, 0.2) is 6.04 Å². The Labute approximate surface area is 119 Å². The fourth-order valence-corrected chi connectivity index (χ4v) is 1.93. The van der Waals surface area contributed by atoms with Gasteiger partial charge in [0.2, 0.25) is 0 Å². The van der Waals surface area contributed by atoms with Crippen LogP contribution in [0.3, 0.4) is 0 Å². The maximum Gasteiger partial charge on any atom is 0.328 e. The third-order valence-corrected chi connectivity index (χ3v) is 3.00. The number of hydrogen-bond donors (Lipinski definition) is 3. The van der Waals surface area contributed by atoms with Crippen molar-refractivity contribution in [2.24, 2.45) is 0 Å². The van der Waals surface area contributed by atoms with Gasteiger partial charge in [-0.25, -0.2) is 9.78 Å². The molecule has 1 amide bonds. The van der Waals surface area contributed by atoms with E-state index >= 15 is 0 Å². The molecule has 0 aliphatic carbocycles. The molecule has 1 heterocycles. The lowest BCUT2D eigenvalue weighted by molar-refractivity contribution is -0.140. The molecule has 1 unspecified atom stereocenters. The molecular formula is C13H11ClN2O4. The van der Waals surface area contributed by atoms with E-state index < -0.39 is 24.5 Å². The van der Waals surface area contributed by atoms with Gasteiger partial charge in [-0.3, -0.25) is 4.79 Å². The van der Waals surface area contributed by atoms with Crippen LogP contribution in [0.5, 0.6) is 0 Å². The van der Waals surface area contributed by atoms with Gasteiger partial charge >= 0.3 is 5.97 Å². The number of fused-ring (bicyclic) bond motifs is 1. The van der Waals surface area contributed by atoms with E-state index in [9.17, 15) is 9.59 Å². The first-order valence-corrected chi connectivity index (χ1v) is 6.10. The highest BCUT2D eigenvalue weighted by atomic mass is 35.5. The van der Waals surface area contributed by atoms with Crippen LogP contribution < -0.4 is 5.32 Å². The minimum Gasteiger partial charge on any atom is -0.480 e. The number of para-hydroxylation sites is 1. The van der Waals surface area contributed by atoms with Crippen molar-refractivity contribution < 1.29 is 19.8 Å². The number of benzene rings is 1. The summed E-state index contributed by atoms with van der Waals surface area (Å²) < 4.78 is 0. The van der Waals surface area contributed by atoms with E-state index in [1.807, 2.05) is 0 Å². The maximum absolute atomic E-state index is 11.9. The van der Waals surface area contributed by atoms with Crippen LogP contribution in [0.2, 0.25) is 5.02 Å². The average molecular weight is 295 g/mol. The van der Waals surface area contributed by atoms with E-state index in [0.29, 0.717) is 15.9 Å². The highest BCUT2D eigenvalue weighted by molar-refractivity contribution is 6.35. The third kappa shape index (κ3) is 2.87. The minimum absolute atomic E-state index is 0.00611. The number of aliphatic carboxylic acids is 1. The summed E-state index contributed by atoms with van der Waals surface area (Å²) in [5, 5.41) is 20.9. The molecule has 20 heavy (non-hydrogen) atoms. The number of nitrogens with one attached hydrogen (secondary N) is 1. The molecule has 0 bridgehead atoms. The Balaban J connectivity index is 2.33. The largest absolute Gasteiger partial charge is 0.480 e. The Hall–Kier alpha value is -2.18. The van der Waals surface area contributed by atoms with E-state index in [2.05, 4.69) is 10.3 Å². The van der Waals surface area contributed by atoms with Gasteiger partial charge in [0.05, 0.1) is 17.1 Å². The molecule has 1 aromatic carbocycles. The molecule has 6 nitrogen and oxygen atoms in total. The van der Waals surface area contributed by atoms with Crippen molar-refractivity contribution in [1.82, 2.24) is 10.3 Å². The highest BCUT2D eigenvalue weighted by Crippen LogP contribution is 2.22. The second-order valence-electron chi connectivity index (χ2n) is 4.05. The first-order valence-electron chi connectivity index (χ1n) is 5.72. The number of carboxylic acid groups (broad SMARTS) is 1. The monoisotopic (exact) mass is 294 g/mol. The zero-order valence-corrected chi connectivity index (χ0v) is 11.0. The second kappa shape index (κ2) is 5.85. The van der Waals surface area contributed by atoms with Crippen molar-refractivity contribution >= 4 is 34.4 Å². The molecule has 3 N–H and O–H groups in total. The second-order valence-corrected chi connectivity index (χ2v) is 4.46. The summed E-state index contributed by atoms with van der Waals surface area (Å²) in [7, 11) is 0. The fourth-order valence-electron chi connectivity index (χ4n) is 1.67. The number of pyridine rings is 1. The molecule has 1 aromatic heterocycles. The Morgan fingerprint density at radius 2 is 2.05 bits per heavy atom. The van der Waals surface area contributed by atoms with Crippen LogP contribution in [0.1, 0.15) is 10.5 Å². The molecule has 0 fully saturated rings. The van der Waals surface area contributed by atoms with Gasteiger partial charge in [-0.15, -0.1) is 0 Å². The van der Waals surface area contributed by atoms with Crippen molar-refractivity contribution in [2.45, 2.75) is 6.04 Å². The summed E-state index contributed by atoms with van der Waals surface area (Å²) in [6.45, 7) is -0.706. The zero-order valence-electron chi connectivity index (χ0n) is 10.2. The summed E-state index contributed by atoms with van der Waals surface area (Å²) in [5.41, 5.74) is 0.523. The number of carboxylic acids is 1. The van der Waals surface area contributed by atoms with E-state index in [4.69, 9.17) is 21.8 Å². The number of amides is 1. The Kier molecular flexibility index (Phi) is 4.16. The SMILES string of the molecule is O=C(NC(CO)C(=O)O)c1cc(Cl)c2ccccc2n1. The standard InChI is InChI=1S/C13H11ClN2O4/c14-8-5-10(12(18)16-11(6-17)13(19)20)15-9-4-2-1-3-7(8)9/h1-5,11,17H,6H2,(H,16,18)(H,19,20). The first-order chi connectivity index (χ1) is 9.52. The van der Waals surface area contributed by atoms with E-state index in [1.54, 1.807) is 24.3 Å². The van der Waals surface area contributed by atoms with E-state index in [-0.39, 0.29) is 5.69 Å². The molecule has 7 heteroatoms. The van der Waals surface area contributed by atoms with Crippen LogP contribution in [-0.2, 0) is 4.79 Å². The van der Waals surface area contributed by atoms with Gasteiger partial charge in [-0.05, 0) is 12.1 Å². The summed E-state index contributed by atoms with van der Waals surface area (Å²) in [4.78, 5) is 26.8. The molecule has 0 saturated carbocycles. The summed E-state index contributed by atoms with van der Waals surface area (Å²) in [6.07, 6.45) is 0. The number of carbonyl (C=O) groups is 2. The Morgan fingerprint density at radius 1 is 1.35 bits per heavy atom. The van der Waals surface area contributed by atoms with Crippen molar-refractivity contribution in [1.29, 1.82) is 0 Å². The Bertz CT molecular complexity index is 674. The number of aromatic nitrogens is 1. The predicted octanol–water partition coefficient (Wildman–Crippen LogP) is 1.06. The van der Waals surface area contributed by atoms with Crippen LogP contribution >= 0.6 is 11.6 Å². The minimum atomic E-state index is -1.38. The summed E-state index contributed by atoms with van der Waals surface area (Å²) >= 11 is 6.05. The molecule has 104 valence electrons. The number of rotatable bonds is 4. The van der Waals surface area contributed by atoms with Gasteiger partial charge in [-0.1, -0.05) is 29.8 Å². The number of carbonyl (C=O) groups excluding carboxylic acids is 1. The van der Waals surface area contributed by atoms with Crippen LogP contribution in [0, 0.1) is 0 Å². The third-order valence-electron chi connectivity index (χ3n) is 2.68. The lowest BCUT2D eigenvalue weighted by Gasteiger charge is -2.11. The number of hydrogen-bond acceptors (Lipinski definition) is 4. The number of halogens is 1. The van der Waals surface area contributed by atoms with Crippen LogP contribution in [0.25, 0.3) is 10.9 Å². The molecule has 0 saturated heterocycles. The van der Waals surface area contributed by atoms with Gasteiger partial charge in [0.1, 0.15) is 5.69 Å². The van der Waals surface area contributed by atoms with Crippen molar-refractivity contribution in [3.63, 3.8) is 0 Å². The molecule has 0 spiro atoms. The topological polar surface area (TPSA) is 99.5 Å². The molecule has 0 aliphatic heterocycles. The van der Waals surface area contributed by atoms with Crippen LogP contribution in [0.15, 0.2) is 30.3 Å². The molecule has 1 atom stereocenters. The lowest BCUT2D eigenvalue weighted by atomic mass is 10.2. The number of nitrogens with zero attached hydrogens (tertiary/aromatic N) is 1. The maximum atomic E-state index is 11.9. The molecule has 0 radical (unpaired) electrons. The van der Waals surface area contributed by atoms with Gasteiger partial charge < -0.3 is 15.5 Å². The van der Waals surface area contributed by atoms with Crippen LogP contribution in [-0.4, -0.2) is 39.7 Å². The van der Waals surface area contributed by atoms with E-state index in [1.165, 1.54) is 6.07 Å². The van der Waals surface area contributed by atoms with Gasteiger partial charge in [0.25, 0.3) is 5.91 Å².